The van der Waals surface area contributed by atoms with Crippen molar-refractivity contribution in [1.82, 2.24) is 4.90 Å². The molecule has 98 valence electrons. The van der Waals surface area contributed by atoms with Crippen molar-refractivity contribution in [2.45, 2.75) is 70.4 Å². The molecule has 0 bridgehead atoms. The fourth-order valence-corrected chi connectivity index (χ4v) is 3.95. The number of aliphatic hydroxyl groups is 1. The van der Waals surface area contributed by atoms with E-state index in [-0.39, 0.29) is 6.10 Å². The van der Waals surface area contributed by atoms with Gasteiger partial charge in [0.15, 0.2) is 0 Å². The van der Waals surface area contributed by atoms with Crippen LogP contribution in [0, 0.1) is 11.3 Å². The molecule has 2 unspecified atom stereocenters. The zero-order valence-electron chi connectivity index (χ0n) is 11.2. The fourth-order valence-electron chi connectivity index (χ4n) is 3.95. The lowest BCUT2D eigenvalue weighted by Crippen LogP contribution is -2.45. The van der Waals surface area contributed by atoms with Crippen molar-refractivity contribution in [3.8, 4) is 0 Å². The van der Waals surface area contributed by atoms with Crippen LogP contribution in [-0.2, 0) is 0 Å². The summed E-state index contributed by atoms with van der Waals surface area (Å²) in [6, 6.07) is 0.593. The first-order chi connectivity index (χ1) is 8.17. The number of piperidine rings is 1. The van der Waals surface area contributed by atoms with Gasteiger partial charge in [0.2, 0.25) is 0 Å². The van der Waals surface area contributed by atoms with Gasteiger partial charge in [-0.15, -0.1) is 0 Å². The summed E-state index contributed by atoms with van der Waals surface area (Å²) in [4.78, 5) is 2.63. The minimum absolute atomic E-state index is 0.0395. The minimum Gasteiger partial charge on any atom is -0.393 e. The van der Waals surface area contributed by atoms with E-state index in [1.165, 1.54) is 45.1 Å². The molecular weight excluding hydrogens is 210 g/mol. The van der Waals surface area contributed by atoms with Crippen LogP contribution in [0.3, 0.4) is 0 Å². The smallest absolute Gasteiger partial charge is 0.0567 e. The average Bonchev–Trinajstić information content (AvgIpc) is 3.06. The highest BCUT2D eigenvalue weighted by Crippen LogP contribution is 2.57. The molecular formula is C15H27NO. The van der Waals surface area contributed by atoms with Crippen molar-refractivity contribution in [3.63, 3.8) is 0 Å². The van der Waals surface area contributed by atoms with Crippen molar-refractivity contribution in [2.75, 3.05) is 13.1 Å². The topological polar surface area (TPSA) is 23.5 Å². The quantitative estimate of drug-likeness (QED) is 0.798. The molecule has 3 aliphatic rings. The Balaban J connectivity index is 1.47. The number of nitrogens with zero attached hydrogens (tertiary/aromatic N) is 1. The maximum Gasteiger partial charge on any atom is 0.0567 e. The van der Waals surface area contributed by atoms with Crippen LogP contribution in [0.25, 0.3) is 0 Å². The second-order valence-corrected chi connectivity index (χ2v) is 6.97. The third-order valence-electron chi connectivity index (χ3n) is 5.60. The van der Waals surface area contributed by atoms with Crippen LogP contribution in [0.4, 0.5) is 0 Å². The van der Waals surface area contributed by atoms with E-state index in [2.05, 4.69) is 11.8 Å². The van der Waals surface area contributed by atoms with E-state index in [0.29, 0.717) is 6.04 Å². The van der Waals surface area contributed by atoms with Crippen LogP contribution in [0.5, 0.6) is 0 Å². The van der Waals surface area contributed by atoms with E-state index in [1.807, 2.05) is 0 Å². The molecule has 2 saturated carbocycles. The lowest BCUT2D eigenvalue weighted by atomic mass is 9.79. The van der Waals surface area contributed by atoms with Crippen LogP contribution in [-0.4, -0.2) is 35.2 Å². The zero-order chi connectivity index (χ0) is 11.9. The molecule has 3 rings (SSSR count). The monoisotopic (exact) mass is 237 g/mol. The normalized spacial score (nSPS) is 38.5. The molecule has 0 radical (unpaired) electrons. The van der Waals surface area contributed by atoms with Crippen molar-refractivity contribution in [2.24, 2.45) is 11.3 Å². The van der Waals surface area contributed by atoms with E-state index in [4.69, 9.17) is 0 Å². The predicted molar refractivity (Wildman–Crippen MR) is 69.9 cm³/mol. The van der Waals surface area contributed by atoms with Gasteiger partial charge in [0.25, 0.3) is 0 Å². The standard InChI is InChI=1S/C15H27NO/c1-12-10-14(17)4-9-16(12)11-13-2-5-15(6-3-13)7-8-15/h12-14,17H,2-11H2,1H3. The van der Waals surface area contributed by atoms with Crippen LogP contribution in [0.1, 0.15) is 58.3 Å². The first-order valence-corrected chi connectivity index (χ1v) is 7.59. The lowest BCUT2D eigenvalue weighted by molar-refractivity contribution is 0.0341. The summed E-state index contributed by atoms with van der Waals surface area (Å²) in [5, 5.41) is 9.65. The molecule has 1 aliphatic heterocycles. The van der Waals surface area contributed by atoms with Gasteiger partial charge in [0.05, 0.1) is 6.10 Å². The highest BCUT2D eigenvalue weighted by molar-refractivity contribution is 4.97. The predicted octanol–water partition coefficient (Wildman–Crippen LogP) is 2.80. The Morgan fingerprint density at radius 2 is 1.82 bits per heavy atom. The van der Waals surface area contributed by atoms with E-state index >= 15 is 0 Å². The first-order valence-electron chi connectivity index (χ1n) is 7.59. The van der Waals surface area contributed by atoms with Crippen LogP contribution in [0.15, 0.2) is 0 Å². The van der Waals surface area contributed by atoms with Gasteiger partial charge in [-0.2, -0.15) is 0 Å². The number of likely N-dealkylation sites (tertiary alicyclic amines) is 1. The number of aliphatic hydroxyl groups excluding tert-OH is 1. The molecule has 2 heteroatoms. The zero-order valence-corrected chi connectivity index (χ0v) is 11.2. The van der Waals surface area contributed by atoms with Gasteiger partial charge >= 0.3 is 0 Å². The van der Waals surface area contributed by atoms with Gasteiger partial charge in [0, 0.05) is 19.1 Å². The van der Waals surface area contributed by atoms with E-state index < -0.39 is 0 Å². The molecule has 0 aromatic rings. The molecule has 3 fully saturated rings. The van der Waals surface area contributed by atoms with E-state index in [0.717, 1.165) is 30.7 Å². The summed E-state index contributed by atoms with van der Waals surface area (Å²) in [6.45, 7) is 4.70. The fraction of sp³-hybridized carbons (Fsp3) is 1.00. The van der Waals surface area contributed by atoms with Gasteiger partial charge in [-0.1, -0.05) is 0 Å². The largest absolute Gasteiger partial charge is 0.393 e. The molecule has 0 amide bonds. The van der Waals surface area contributed by atoms with Crippen molar-refractivity contribution >= 4 is 0 Å². The number of rotatable bonds is 2. The van der Waals surface area contributed by atoms with Gasteiger partial charge in [-0.25, -0.2) is 0 Å². The maximum atomic E-state index is 9.65. The summed E-state index contributed by atoms with van der Waals surface area (Å²) in [6.07, 6.45) is 10.9. The van der Waals surface area contributed by atoms with Gasteiger partial charge in [0.1, 0.15) is 0 Å². The highest BCUT2D eigenvalue weighted by atomic mass is 16.3. The molecule has 2 nitrogen and oxygen atoms in total. The summed E-state index contributed by atoms with van der Waals surface area (Å²) in [5.74, 6) is 0.943. The summed E-state index contributed by atoms with van der Waals surface area (Å²) in [5.41, 5.74) is 0.834. The third kappa shape index (κ3) is 2.68. The molecule has 1 N–H and O–H groups in total. The SMILES string of the molecule is CC1CC(O)CCN1CC1CCC2(CC1)CC2. The number of hydrogen-bond acceptors (Lipinski definition) is 2. The molecule has 2 aliphatic carbocycles. The second-order valence-electron chi connectivity index (χ2n) is 6.97. The number of hydrogen-bond donors (Lipinski definition) is 1. The van der Waals surface area contributed by atoms with Crippen LogP contribution < -0.4 is 0 Å². The Hall–Kier alpha value is -0.0800. The lowest BCUT2D eigenvalue weighted by Gasteiger charge is -2.39. The third-order valence-corrected chi connectivity index (χ3v) is 5.60. The van der Waals surface area contributed by atoms with Crippen molar-refractivity contribution in [1.29, 1.82) is 0 Å². The molecule has 0 aromatic heterocycles. The van der Waals surface area contributed by atoms with Crippen LogP contribution >= 0.6 is 0 Å². The Morgan fingerprint density at radius 3 is 2.41 bits per heavy atom. The molecule has 2 atom stereocenters. The summed E-state index contributed by atoms with van der Waals surface area (Å²) in [7, 11) is 0. The van der Waals surface area contributed by atoms with Gasteiger partial charge in [-0.3, -0.25) is 0 Å². The summed E-state index contributed by atoms with van der Waals surface area (Å²) < 4.78 is 0. The summed E-state index contributed by atoms with van der Waals surface area (Å²) >= 11 is 0. The van der Waals surface area contributed by atoms with Gasteiger partial charge in [-0.05, 0) is 69.6 Å². The van der Waals surface area contributed by atoms with Gasteiger partial charge < -0.3 is 10.0 Å². The molecule has 1 heterocycles. The molecule has 17 heavy (non-hydrogen) atoms. The minimum atomic E-state index is -0.0395. The molecule has 0 aromatic carbocycles. The molecule has 1 spiro atoms. The Kier molecular flexibility index (Phi) is 3.20. The van der Waals surface area contributed by atoms with Crippen LogP contribution in [0.2, 0.25) is 0 Å². The Bertz CT molecular complexity index is 264. The molecule has 1 saturated heterocycles. The van der Waals surface area contributed by atoms with E-state index in [1.54, 1.807) is 0 Å². The first kappa shape index (κ1) is 12.0. The average molecular weight is 237 g/mol. The Morgan fingerprint density at radius 1 is 1.12 bits per heavy atom. The maximum absolute atomic E-state index is 9.65. The highest BCUT2D eigenvalue weighted by Gasteiger charge is 2.44. The van der Waals surface area contributed by atoms with Crippen molar-refractivity contribution in [3.05, 3.63) is 0 Å². The Labute approximate surface area is 105 Å². The second kappa shape index (κ2) is 4.55. The van der Waals surface area contributed by atoms with E-state index in [9.17, 15) is 5.11 Å². The van der Waals surface area contributed by atoms with Crippen molar-refractivity contribution < 1.29 is 5.11 Å².